The highest BCUT2D eigenvalue weighted by Crippen LogP contribution is 2.35. The molecular weight excluding hydrogens is 406 g/mol. The lowest BCUT2D eigenvalue weighted by Crippen LogP contribution is -2.41. The highest BCUT2D eigenvalue weighted by molar-refractivity contribution is 6.31. The smallest absolute Gasteiger partial charge is 0.302 e. The Kier molecular flexibility index (Phi) is 4.54. The van der Waals surface area contributed by atoms with Gasteiger partial charge in [0.05, 0.1) is 5.02 Å². The molecule has 5 rings (SSSR count). The molecule has 1 saturated carbocycles. The Bertz CT molecular complexity index is 1160. The van der Waals surface area contributed by atoms with Crippen LogP contribution < -0.4 is 10.6 Å². The number of oxazole rings is 1. The summed E-state index contributed by atoms with van der Waals surface area (Å²) < 4.78 is 7.32. The Balaban J connectivity index is 1.49. The van der Waals surface area contributed by atoms with E-state index < -0.39 is 12.0 Å². The van der Waals surface area contributed by atoms with Crippen LogP contribution in [0, 0.1) is 5.92 Å². The molecule has 1 aromatic carbocycles. The average molecular weight is 426 g/mol. The lowest BCUT2D eigenvalue weighted by atomic mass is 9.91. The number of carbonyl (C=O) groups is 1. The first-order valence-corrected chi connectivity index (χ1v) is 10.1. The molecule has 0 saturated heterocycles. The topological polar surface area (TPSA) is 110 Å². The van der Waals surface area contributed by atoms with Crippen LogP contribution in [-0.2, 0) is 11.8 Å². The van der Waals surface area contributed by atoms with Gasteiger partial charge in [0.1, 0.15) is 23.2 Å². The summed E-state index contributed by atoms with van der Waals surface area (Å²) in [5, 5.41) is 11.0. The highest BCUT2D eigenvalue weighted by atomic mass is 35.5. The molecule has 0 bridgehead atoms. The van der Waals surface area contributed by atoms with E-state index in [1.54, 1.807) is 17.9 Å². The Labute approximate surface area is 177 Å². The summed E-state index contributed by atoms with van der Waals surface area (Å²) in [5.74, 6) is -0.413. The van der Waals surface area contributed by atoms with Gasteiger partial charge in [-0.2, -0.15) is 10.1 Å². The lowest BCUT2D eigenvalue weighted by Gasteiger charge is -2.26. The van der Waals surface area contributed by atoms with Crippen LogP contribution in [0.25, 0.3) is 11.1 Å². The Hall–Kier alpha value is -3.20. The number of nitrogens with zero attached hydrogens (tertiary/aromatic N) is 5. The van der Waals surface area contributed by atoms with Crippen LogP contribution in [0.1, 0.15) is 31.5 Å². The first-order valence-electron chi connectivity index (χ1n) is 9.73. The monoisotopic (exact) mass is 425 g/mol. The molecular formula is C20H20ClN7O2. The van der Waals surface area contributed by atoms with Crippen molar-refractivity contribution in [2.45, 2.75) is 31.8 Å². The van der Waals surface area contributed by atoms with E-state index in [9.17, 15) is 4.79 Å². The van der Waals surface area contributed by atoms with Crippen LogP contribution in [0.15, 0.2) is 44.9 Å². The van der Waals surface area contributed by atoms with Crippen molar-refractivity contribution in [1.29, 1.82) is 0 Å². The maximum absolute atomic E-state index is 13.0. The Morgan fingerprint density at radius 2 is 2.10 bits per heavy atom. The van der Waals surface area contributed by atoms with Crippen molar-refractivity contribution in [2.24, 2.45) is 23.0 Å². The van der Waals surface area contributed by atoms with Gasteiger partial charge in [0, 0.05) is 25.0 Å². The number of rotatable bonds is 4. The summed E-state index contributed by atoms with van der Waals surface area (Å²) in [4.78, 5) is 26.5. The van der Waals surface area contributed by atoms with E-state index >= 15 is 0 Å². The maximum atomic E-state index is 13.0. The number of guanidine groups is 1. The Morgan fingerprint density at radius 3 is 2.80 bits per heavy atom. The third-order valence-corrected chi connectivity index (χ3v) is 5.41. The fourth-order valence-corrected chi connectivity index (χ4v) is 3.82. The van der Waals surface area contributed by atoms with Crippen molar-refractivity contribution < 1.29 is 9.21 Å². The first kappa shape index (κ1) is 18.8. The summed E-state index contributed by atoms with van der Waals surface area (Å²) in [7, 11) is 1.78. The predicted octanol–water partition coefficient (Wildman–Crippen LogP) is 3.09. The molecule has 30 heavy (non-hydrogen) atoms. The average Bonchev–Trinajstić information content (AvgIpc) is 3.30. The largest absolute Gasteiger partial charge is 0.423 e. The molecule has 3 aromatic rings. The number of anilines is 1. The summed E-state index contributed by atoms with van der Waals surface area (Å²) in [6.45, 7) is 1.81. The predicted molar refractivity (Wildman–Crippen MR) is 114 cm³/mol. The van der Waals surface area contributed by atoms with Gasteiger partial charge in [0.2, 0.25) is 11.9 Å². The summed E-state index contributed by atoms with van der Waals surface area (Å²) in [5.41, 5.74) is 2.53. The number of benzene rings is 1. The number of amides is 1. The molecule has 2 aliphatic rings. The third-order valence-electron chi connectivity index (χ3n) is 5.12. The second-order valence-electron chi connectivity index (χ2n) is 7.56. The molecule has 2 N–H and O–H groups in total. The second kappa shape index (κ2) is 7.24. The molecule has 1 amide bonds. The molecule has 0 spiro atoms. The van der Waals surface area contributed by atoms with Crippen molar-refractivity contribution in [3.05, 3.63) is 41.2 Å². The molecule has 1 aliphatic heterocycles. The van der Waals surface area contributed by atoms with Crippen molar-refractivity contribution in [2.75, 3.05) is 5.32 Å². The number of aliphatic imine (C=N–C) groups is 2. The quantitative estimate of drug-likeness (QED) is 0.667. The van der Waals surface area contributed by atoms with Gasteiger partial charge in [0.25, 0.3) is 0 Å². The zero-order chi connectivity index (χ0) is 20.8. The number of carbonyl (C=O) groups excluding carboxylic acids is 1. The number of hydrogen-bond donors (Lipinski definition) is 2. The number of nitrogens with one attached hydrogen (secondary N) is 2. The molecule has 0 radical (unpaired) electrons. The van der Waals surface area contributed by atoms with Crippen LogP contribution in [0.5, 0.6) is 0 Å². The SMILES string of the molecule is CC1=NC(Nc2nc3ccccc3o2)=NC(c2nn(C)cc2Cl)C1C(=O)NC1CC1. The van der Waals surface area contributed by atoms with Gasteiger partial charge in [-0.3, -0.25) is 14.8 Å². The van der Waals surface area contributed by atoms with Crippen molar-refractivity contribution in [3.63, 3.8) is 0 Å². The van der Waals surface area contributed by atoms with Gasteiger partial charge in [-0.25, -0.2) is 9.98 Å². The number of para-hydroxylation sites is 2. The molecule has 154 valence electrons. The number of hydrogen-bond acceptors (Lipinski definition) is 7. The fraction of sp³-hybridized carbons (Fsp3) is 0.350. The van der Waals surface area contributed by atoms with Gasteiger partial charge in [-0.15, -0.1) is 0 Å². The zero-order valence-corrected chi connectivity index (χ0v) is 17.2. The Morgan fingerprint density at radius 1 is 1.30 bits per heavy atom. The van der Waals surface area contributed by atoms with Crippen LogP contribution in [-0.4, -0.2) is 38.4 Å². The molecule has 9 nitrogen and oxygen atoms in total. The van der Waals surface area contributed by atoms with E-state index in [0.29, 0.717) is 28.0 Å². The van der Waals surface area contributed by atoms with Crippen LogP contribution >= 0.6 is 11.6 Å². The van der Waals surface area contributed by atoms with E-state index in [1.165, 1.54) is 0 Å². The van der Waals surface area contributed by atoms with Gasteiger partial charge < -0.3 is 9.73 Å². The summed E-state index contributed by atoms with van der Waals surface area (Å²) >= 11 is 6.40. The maximum Gasteiger partial charge on any atom is 0.302 e. The van der Waals surface area contributed by atoms with E-state index in [-0.39, 0.29) is 18.0 Å². The van der Waals surface area contributed by atoms with Crippen molar-refractivity contribution in [1.82, 2.24) is 20.1 Å². The minimum absolute atomic E-state index is 0.116. The van der Waals surface area contributed by atoms with Gasteiger partial charge >= 0.3 is 6.01 Å². The zero-order valence-electron chi connectivity index (χ0n) is 16.5. The highest BCUT2D eigenvalue weighted by Gasteiger charge is 2.40. The van der Waals surface area contributed by atoms with Crippen LogP contribution in [0.3, 0.4) is 0 Å². The van der Waals surface area contributed by atoms with Crippen molar-refractivity contribution >= 4 is 46.3 Å². The number of halogens is 1. The fourth-order valence-electron chi connectivity index (χ4n) is 3.53. The second-order valence-corrected chi connectivity index (χ2v) is 7.97. The summed E-state index contributed by atoms with van der Waals surface area (Å²) in [6, 6.07) is 7.35. The molecule has 2 unspecified atom stereocenters. The minimum atomic E-state index is -0.609. The number of fused-ring (bicyclic) bond motifs is 1. The van der Waals surface area contributed by atoms with Gasteiger partial charge in [0.15, 0.2) is 5.58 Å². The van der Waals surface area contributed by atoms with E-state index in [4.69, 9.17) is 16.0 Å². The summed E-state index contributed by atoms with van der Waals surface area (Å²) in [6.07, 6.45) is 3.69. The number of aromatic nitrogens is 3. The van der Waals surface area contributed by atoms with Crippen LogP contribution in [0.4, 0.5) is 6.01 Å². The normalized spacial score (nSPS) is 21.3. The molecule has 2 atom stereocenters. The molecule has 1 fully saturated rings. The number of aryl methyl sites for hydroxylation is 1. The van der Waals surface area contributed by atoms with E-state index in [1.807, 2.05) is 31.2 Å². The van der Waals surface area contributed by atoms with Crippen LogP contribution in [0.2, 0.25) is 5.02 Å². The molecule has 1 aliphatic carbocycles. The standard InChI is InChI=1S/C20H20ClN7O2/c1-10-15(18(29)23-11-7-8-11)17(16-12(21)9-28(2)27-16)25-19(22-10)26-20-24-13-5-3-4-6-14(13)30-20/h3-6,9,11,15,17H,7-8H2,1-2H3,(H,23,29)(H,24,25,26). The van der Waals surface area contributed by atoms with Crippen molar-refractivity contribution in [3.8, 4) is 0 Å². The molecule has 10 heteroatoms. The first-order chi connectivity index (χ1) is 14.5. The minimum Gasteiger partial charge on any atom is -0.423 e. The lowest BCUT2D eigenvalue weighted by molar-refractivity contribution is -0.123. The van der Waals surface area contributed by atoms with Gasteiger partial charge in [-0.05, 0) is 31.9 Å². The third kappa shape index (κ3) is 3.56. The molecule has 3 heterocycles. The van der Waals surface area contributed by atoms with E-state index in [2.05, 4.69) is 30.7 Å². The van der Waals surface area contributed by atoms with E-state index in [0.717, 1.165) is 18.4 Å². The van der Waals surface area contributed by atoms with Gasteiger partial charge in [-0.1, -0.05) is 23.7 Å². The molecule has 2 aromatic heterocycles.